The molecule has 0 spiro atoms. The van der Waals surface area contributed by atoms with Crippen molar-refractivity contribution in [3.63, 3.8) is 0 Å². The Kier molecular flexibility index (Phi) is 3.77. The molecule has 25 heavy (non-hydrogen) atoms. The molecule has 2 N–H and O–H groups in total. The number of halogens is 2. The zero-order chi connectivity index (χ0) is 17.4. The molecule has 124 valence electrons. The number of nitrogens with zero attached hydrogens (tertiary/aromatic N) is 5. The topological polar surface area (TPSA) is 82.5 Å². The Morgan fingerprint density at radius 1 is 1.08 bits per heavy atom. The van der Waals surface area contributed by atoms with E-state index in [1.807, 2.05) is 30.3 Å². The third-order valence-corrected chi connectivity index (χ3v) is 4.15. The van der Waals surface area contributed by atoms with Crippen LogP contribution in [0.3, 0.4) is 0 Å². The number of pyridine rings is 1. The molecule has 6 nitrogen and oxygen atoms in total. The summed E-state index contributed by atoms with van der Waals surface area (Å²) in [5, 5.41) is 0.285. The van der Waals surface area contributed by atoms with E-state index in [2.05, 4.69) is 19.9 Å². The quantitative estimate of drug-likeness (QED) is 0.571. The number of nitrogens with two attached hydrogens (primary N) is 1. The Labute approximate surface area is 147 Å². The second-order valence-corrected chi connectivity index (χ2v) is 5.81. The maximum Gasteiger partial charge on any atom is 0.219 e. The Morgan fingerprint density at radius 2 is 1.88 bits per heavy atom. The Morgan fingerprint density at radius 3 is 2.64 bits per heavy atom. The number of rotatable bonds is 3. The standard InChI is InChI=1S/C17H12ClFN6/c18-12-6-7-21-14(19)11(12)8-25-9-22-15(20)13-17(25)24-16(23-13)10-4-2-1-3-5-10/h1-7,9H,8,20H2. The second-order valence-electron chi connectivity index (χ2n) is 5.41. The number of nitrogen functional groups attached to an aromatic ring is 1. The zero-order valence-corrected chi connectivity index (χ0v) is 13.7. The third kappa shape index (κ3) is 2.78. The predicted octanol–water partition coefficient (Wildman–Crippen LogP) is 3.26. The van der Waals surface area contributed by atoms with E-state index < -0.39 is 5.95 Å². The van der Waals surface area contributed by atoms with Crippen LogP contribution >= 0.6 is 11.6 Å². The van der Waals surface area contributed by atoms with Gasteiger partial charge in [-0.25, -0.2) is 19.9 Å². The van der Waals surface area contributed by atoms with Crippen molar-refractivity contribution in [1.29, 1.82) is 0 Å². The summed E-state index contributed by atoms with van der Waals surface area (Å²) in [4.78, 5) is 16.8. The summed E-state index contributed by atoms with van der Waals surface area (Å²) in [6.45, 7) is 0.120. The summed E-state index contributed by atoms with van der Waals surface area (Å²) < 4.78 is 15.6. The first-order chi connectivity index (χ1) is 12.1. The number of benzene rings is 1. The molecule has 0 saturated heterocycles. The molecule has 3 heterocycles. The first kappa shape index (κ1) is 15.5. The highest BCUT2D eigenvalue weighted by molar-refractivity contribution is 6.31. The minimum Gasteiger partial charge on any atom is -0.382 e. The zero-order valence-electron chi connectivity index (χ0n) is 12.9. The van der Waals surface area contributed by atoms with Crippen molar-refractivity contribution in [2.45, 2.75) is 6.54 Å². The molecular weight excluding hydrogens is 343 g/mol. The fourth-order valence-electron chi connectivity index (χ4n) is 2.54. The van der Waals surface area contributed by atoms with E-state index in [0.29, 0.717) is 17.3 Å². The van der Waals surface area contributed by atoms with Crippen molar-refractivity contribution < 1.29 is 4.39 Å². The first-order valence-electron chi connectivity index (χ1n) is 7.46. The maximum atomic E-state index is 14.0. The molecule has 2 aliphatic heterocycles. The van der Waals surface area contributed by atoms with Gasteiger partial charge in [-0.05, 0) is 6.07 Å². The van der Waals surface area contributed by atoms with Gasteiger partial charge in [0, 0.05) is 17.3 Å². The smallest absolute Gasteiger partial charge is 0.219 e. The second kappa shape index (κ2) is 6.10. The lowest BCUT2D eigenvalue weighted by molar-refractivity contribution is 0.557. The molecular formula is C17H12ClFN6. The van der Waals surface area contributed by atoms with Crippen LogP contribution in [0.1, 0.15) is 5.56 Å². The van der Waals surface area contributed by atoms with Crippen molar-refractivity contribution in [2.24, 2.45) is 0 Å². The van der Waals surface area contributed by atoms with Gasteiger partial charge >= 0.3 is 0 Å². The molecule has 1 aromatic carbocycles. The molecule has 0 fully saturated rings. The van der Waals surface area contributed by atoms with Crippen molar-refractivity contribution >= 4 is 17.4 Å². The average molecular weight is 355 g/mol. The van der Waals surface area contributed by atoms with Crippen molar-refractivity contribution in [3.8, 4) is 22.9 Å². The van der Waals surface area contributed by atoms with Gasteiger partial charge in [0.1, 0.15) is 0 Å². The van der Waals surface area contributed by atoms with Gasteiger partial charge < -0.3 is 10.3 Å². The fraction of sp³-hybridized carbons (Fsp3) is 0.0588. The van der Waals surface area contributed by atoms with Crippen molar-refractivity contribution in [1.82, 2.24) is 24.5 Å². The molecule has 0 unspecified atom stereocenters. The molecule has 1 aromatic heterocycles. The van der Waals surface area contributed by atoms with Crippen LogP contribution in [0.2, 0.25) is 5.02 Å². The van der Waals surface area contributed by atoms with E-state index in [-0.39, 0.29) is 22.9 Å². The van der Waals surface area contributed by atoms with Crippen LogP contribution in [0.15, 0.2) is 48.9 Å². The lowest BCUT2D eigenvalue weighted by atomic mass is 10.2. The van der Waals surface area contributed by atoms with E-state index in [0.717, 1.165) is 5.56 Å². The van der Waals surface area contributed by atoms with Crippen LogP contribution in [0.4, 0.5) is 10.2 Å². The Balaban J connectivity index is 1.83. The molecule has 8 heteroatoms. The molecule has 0 atom stereocenters. The molecule has 2 aliphatic rings. The SMILES string of the molecule is Nc1ncn(Cc2c(Cl)ccnc2F)c2nc(-c3ccccc3)nc1-2. The maximum absolute atomic E-state index is 14.0. The summed E-state index contributed by atoms with van der Waals surface area (Å²) in [7, 11) is 0. The highest BCUT2D eigenvalue weighted by Gasteiger charge is 2.21. The van der Waals surface area contributed by atoms with Crippen LogP contribution in [-0.4, -0.2) is 24.5 Å². The number of anilines is 1. The molecule has 0 aliphatic carbocycles. The van der Waals surface area contributed by atoms with E-state index in [1.165, 1.54) is 18.6 Å². The van der Waals surface area contributed by atoms with Crippen LogP contribution in [-0.2, 0) is 6.54 Å². The molecule has 0 saturated carbocycles. The number of imidazole rings is 1. The lowest BCUT2D eigenvalue weighted by Crippen LogP contribution is -2.11. The minimum absolute atomic E-state index is 0.120. The van der Waals surface area contributed by atoms with E-state index >= 15 is 0 Å². The highest BCUT2D eigenvalue weighted by atomic mass is 35.5. The number of fused-ring (bicyclic) bond motifs is 1. The van der Waals surface area contributed by atoms with E-state index in [9.17, 15) is 4.39 Å². The van der Waals surface area contributed by atoms with Crippen LogP contribution < -0.4 is 5.73 Å². The van der Waals surface area contributed by atoms with E-state index in [4.69, 9.17) is 17.3 Å². The van der Waals surface area contributed by atoms with Gasteiger partial charge in [0.05, 0.1) is 17.9 Å². The largest absolute Gasteiger partial charge is 0.382 e. The van der Waals surface area contributed by atoms with Crippen molar-refractivity contribution in [3.05, 3.63) is 65.5 Å². The van der Waals surface area contributed by atoms with Gasteiger partial charge in [-0.2, -0.15) is 4.39 Å². The summed E-state index contributed by atoms with van der Waals surface area (Å²) in [5.41, 5.74) is 7.50. The highest BCUT2D eigenvalue weighted by Crippen LogP contribution is 2.29. The van der Waals surface area contributed by atoms with Gasteiger partial charge in [0.2, 0.25) is 5.95 Å². The van der Waals surface area contributed by atoms with Gasteiger partial charge in [0.25, 0.3) is 0 Å². The van der Waals surface area contributed by atoms with Gasteiger partial charge in [-0.15, -0.1) is 0 Å². The Bertz CT molecular complexity index is 997. The predicted molar refractivity (Wildman–Crippen MR) is 92.6 cm³/mol. The number of aromatic nitrogens is 5. The monoisotopic (exact) mass is 354 g/mol. The fourth-order valence-corrected chi connectivity index (χ4v) is 2.74. The molecule has 0 radical (unpaired) electrons. The summed E-state index contributed by atoms with van der Waals surface area (Å²) in [6.07, 6.45) is 2.81. The van der Waals surface area contributed by atoms with Crippen LogP contribution in [0.5, 0.6) is 0 Å². The van der Waals surface area contributed by atoms with Gasteiger partial charge in [-0.1, -0.05) is 41.9 Å². The summed E-state index contributed by atoms with van der Waals surface area (Å²) in [6, 6.07) is 11.1. The molecule has 2 aromatic rings. The summed E-state index contributed by atoms with van der Waals surface area (Å²) >= 11 is 6.09. The lowest BCUT2D eigenvalue weighted by Gasteiger charge is -2.12. The number of hydrogen-bond acceptors (Lipinski definition) is 5. The normalized spacial score (nSPS) is 11.1. The van der Waals surface area contributed by atoms with Gasteiger partial charge in [-0.3, -0.25) is 0 Å². The minimum atomic E-state index is -0.632. The van der Waals surface area contributed by atoms with E-state index in [1.54, 1.807) is 4.57 Å². The van der Waals surface area contributed by atoms with Crippen LogP contribution in [0, 0.1) is 5.95 Å². The molecule has 4 rings (SSSR count). The van der Waals surface area contributed by atoms with Gasteiger partial charge in [0.15, 0.2) is 23.2 Å². The molecule has 0 bridgehead atoms. The average Bonchev–Trinajstić information content (AvgIpc) is 3.07. The third-order valence-electron chi connectivity index (χ3n) is 3.80. The summed E-state index contributed by atoms with van der Waals surface area (Å²) in [5.74, 6) is 0.666. The molecule has 0 amide bonds. The first-order valence-corrected chi connectivity index (χ1v) is 7.84. The van der Waals surface area contributed by atoms with Crippen LogP contribution in [0.25, 0.3) is 22.9 Å². The van der Waals surface area contributed by atoms with Crippen molar-refractivity contribution in [2.75, 3.05) is 5.73 Å². The Hall–Kier alpha value is -3.06. The number of hydrogen-bond donors (Lipinski definition) is 1.